The number of sulfonamides is 1. The average molecular weight is 321 g/mol. The summed E-state index contributed by atoms with van der Waals surface area (Å²) in [6, 6.07) is 0. The quantitative estimate of drug-likeness (QED) is 0.753. The van der Waals surface area contributed by atoms with Gasteiger partial charge >= 0.3 is 4.87 Å². The zero-order chi connectivity index (χ0) is 15.3. The highest BCUT2D eigenvalue weighted by Crippen LogP contribution is 2.15. The van der Waals surface area contributed by atoms with Crippen molar-refractivity contribution in [1.82, 2.24) is 14.6 Å². The summed E-state index contributed by atoms with van der Waals surface area (Å²) in [5.74, 6) is -0.100. The number of carbonyl (C=O) groups is 1. The van der Waals surface area contributed by atoms with Crippen molar-refractivity contribution in [1.29, 1.82) is 0 Å². The zero-order valence-electron chi connectivity index (χ0n) is 11.7. The number of aromatic nitrogens is 1. The fourth-order valence-corrected chi connectivity index (χ4v) is 4.11. The minimum absolute atomic E-state index is 0.0171. The second kappa shape index (κ2) is 7.00. The second-order valence-electron chi connectivity index (χ2n) is 4.14. The lowest BCUT2D eigenvalue weighted by atomic mass is 10.3. The highest BCUT2D eigenvalue weighted by molar-refractivity contribution is 7.91. The fraction of sp³-hybridized carbons (Fsp3) is 0.636. The molecule has 1 aromatic heterocycles. The molecule has 1 rings (SSSR count). The van der Waals surface area contributed by atoms with Gasteiger partial charge in [0.05, 0.1) is 0 Å². The highest BCUT2D eigenvalue weighted by atomic mass is 32.2. The molecule has 1 heterocycles. The van der Waals surface area contributed by atoms with E-state index in [1.54, 1.807) is 4.90 Å². The van der Waals surface area contributed by atoms with E-state index in [1.165, 1.54) is 6.92 Å². The number of carbonyl (C=O) groups excluding carboxylic acids is 1. The van der Waals surface area contributed by atoms with Crippen LogP contribution >= 0.6 is 11.3 Å². The molecule has 1 amide bonds. The normalized spacial score (nSPS) is 11.6. The molecule has 0 bridgehead atoms. The molecular formula is C11H19N3O4S2. The summed E-state index contributed by atoms with van der Waals surface area (Å²) in [5.41, 5.74) is 0.308. The number of nitrogens with zero attached hydrogens (tertiary/aromatic N) is 1. The van der Waals surface area contributed by atoms with Crippen LogP contribution in [0.2, 0.25) is 0 Å². The lowest BCUT2D eigenvalue weighted by molar-refractivity contribution is -0.130. The first-order valence-corrected chi connectivity index (χ1v) is 8.59. The molecule has 0 atom stereocenters. The molecule has 0 unspecified atom stereocenters. The van der Waals surface area contributed by atoms with E-state index in [-0.39, 0.29) is 23.1 Å². The summed E-state index contributed by atoms with van der Waals surface area (Å²) in [6.07, 6.45) is 0.0965. The second-order valence-corrected chi connectivity index (χ2v) is 7.09. The molecule has 7 nitrogen and oxygen atoms in total. The lowest BCUT2D eigenvalue weighted by Gasteiger charge is -2.18. The van der Waals surface area contributed by atoms with Crippen molar-refractivity contribution in [2.24, 2.45) is 0 Å². The third-order valence-electron chi connectivity index (χ3n) is 2.77. The van der Waals surface area contributed by atoms with E-state index in [9.17, 15) is 18.0 Å². The Hall–Kier alpha value is -1.19. The van der Waals surface area contributed by atoms with Gasteiger partial charge in [0.15, 0.2) is 4.21 Å². The van der Waals surface area contributed by atoms with E-state index >= 15 is 0 Å². The molecular weight excluding hydrogens is 302 g/mol. The van der Waals surface area contributed by atoms with Crippen molar-refractivity contribution >= 4 is 27.3 Å². The topological polar surface area (TPSA) is 99.3 Å². The van der Waals surface area contributed by atoms with Gasteiger partial charge in [-0.25, -0.2) is 13.1 Å². The molecule has 0 aliphatic carbocycles. The van der Waals surface area contributed by atoms with Crippen molar-refractivity contribution in [2.45, 2.75) is 31.4 Å². The number of nitrogens with one attached hydrogen (secondary N) is 2. The minimum atomic E-state index is -3.74. The van der Waals surface area contributed by atoms with Crippen LogP contribution in [-0.2, 0) is 14.8 Å². The maximum atomic E-state index is 12.0. The SMILES string of the molecule is CCN(CC)C(=O)CCNS(=O)(=O)c1sc(=O)[nH]c1C. The van der Waals surface area contributed by atoms with Gasteiger partial charge in [-0.1, -0.05) is 11.3 Å². The van der Waals surface area contributed by atoms with Gasteiger partial charge in [-0.2, -0.15) is 0 Å². The maximum absolute atomic E-state index is 12.0. The fourth-order valence-electron chi connectivity index (χ4n) is 1.74. The molecule has 0 saturated heterocycles. The van der Waals surface area contributed by atoms with Gasteiger partial charge in [-0.3, -0.25) is 9.59 Å². The third kappa shape index (κ3) is 4.15. The number of rotatable bonds is 7. The predicted octanol–water partition coefficient (Wildman–Crippen LogP) is 0.282. The molecule has 114 valence electrons. The summed E-state index contributed by atoms with van der Waals surface area (Å²) in [6.45, 7) is 6.47. The molecule has 0 aromatic carbocycles. The van der Waals surface area contributed by atoms with Crippen LogP contribution in [0, 0.1) is 6.92 Å². The van der Waals surface area contributed by atoms with E-state index in [2.05, 4.69) is 9.71 Å². The monoisotopic (exact) mass is 321 g/mol. The van der Waals surface area contributed by atoms with Gasteiger partial charge in [0.2, 0.25) is 5.91 Å². The summed E-state index contributed by atoms with van der Waals surface area (Å²) in [5, 5.41) is 0. The molecule has 0 spiro atoms. The van der Waals surface area contributed by atoms with Crippen LogP contribution in [0.1, 0.15) is 26.0 Å². The van der Waals surface area contributed by atoms with Crippen LogP contribution in [0.15, 0.2) is 9.00 Å². The Labute approximate surface area is 122 Å². The Morgan fingerprint density at radius 1 is 1.35 bits per heavy atom. The minimum Gasteiger partial charge on any atom is -0.343 e. The van der Waals surface area contributed by atoms with Gasteiger partial charge in [0, 0.05) is 31.7 Å². The van der Waals surface area contributed by atoms with Gasteiger partial charge < -0.3 is 9.88 Å². The van der Waals surface area contributed by atoms with E-state index < -0.39 is 14.9 Å². The van der Waals surface area contributed by atoms with Gasteiger partial charge in [-0.15, -0.1) is 0 Å². The third-order valence-corrected chi connectivity index (χ3v) is 5.84. The van der Waals surface area contributed by atoms with Crippen molar-refractivity contribution in [3.05, 3.63) is 15.4 Å². The van der Waals surface area contributed by atoms with Gasteiger partial charge in [0.1, 0.15) is 0 Å². The standard InChI is InChI=1S/C11H19N3O4S2/c1-4-14(5-2)9(15)6-7-12-20(17,18)10-8(3)13-11(16)19-10/h12H,4-7H2,1-3H3,(H,13,16). The molecule has 2 N–H and O–H groups in total. The van der Waals surface area contributed by atoms with E-state index in [0.29, 0.717) is 30.1 Å². The largest absolute Gasteiger partial charge is 0.343 e. The smallest absolute Gasteiger partial charge is 0.305 e. The molecule has 1 aromatic rings. The van der Waals surface area contributed by atoms with Crippen LogP contribution in [0.25, 0.3) is 0 Å². The Morgan fingerprint density at radius 2 is 1.95 bits per heavy atom. The lowest BCUT2D eigenvalue weighted by Crippen LogP contribution is -2.34. The Balaban J connectivity index is 2.64. The number of thiazole rings is 1. The highest BCUT2D eigenvalue weighted by Gasteiger charge is 2.20. The van der Waals surface area contributed by atoms with Gasteiger partial charge in [-0.05, 0) is 20.8 Å². The van der Waals surface area contributed by atoms with E-state index in [4.69, 9.17) is 0 Å². The summed E-state index contributed by atoms with van der Waals surface area (Å²) < 4.78 is 26.3. The molecule has 0 aliphatic heterocycles. The van der Waals surface area contributed by atoms with Crippen molar-refractivity contribution in [3.63, 3.8) is 0 Å². The number of aryl methyl sites for hydroxylation is 1. The van der Waals surface area contributed by atoms with Crippen molar-refractivity contribution < 1.29 is 13.2 Å². The number of amides is 1. The molecule has 0 saturated carbocycles. The van der Waals surface area contributed by atoms with Crippen LogP contribution in [0.4, 0.5) is 0 Å². The maximum Gasteiger partial charge on any atom is 0.305 e. The van der Waals surface area contributed by atoms with Crippen molar-refractivity contribution in [3.8, 4) is 0 Å². The molecule has 20 heavy (non-hydrogen) atoms. The Kier molecular flexibility index (Phi) is 5.90. The van der Waals surface area contributed by atoms with E-state index in [0.717, 1.165) is 0 Å². The summed E-state index contributed by atoms with van der Waals surface area (Å²) in [7, 11) is -3.74. The molecule has 9 heteroatoms. The Bertz CT molecular complexity index is 614. The van der Waals surface area contributed by atoms with Crippen LogP contribution in [0.5, 0.6) is 0 Å². The summed E-state index contributed by atoms with van der Waals surface area (Å²) >= 11 is 0.639. The number of aromatic amines is 1. The first-order chi connectivity index (χ1) is 9.31. The van der Waals surface area contributed by atoms with Crippen molar-refractivity contribution in [2.75, 3.05) is 19.6 Å². The van der Waals surface area contributed by atoms with Crippen LogP contribution in [0.3, 0.4) is 0 Å². The predicted molar refractivity (Wildman–Crippen MR) is 77.4 cm³/mol. The van der Waals surface area contributed by atoms with Crippen LogP contribution in [-0.4, -0.2) is 43.8 Å². The Morgan fingerprint density at radius 3 is 2.40 bits per heavy atom. The number of hydrogen-bond acceptors (Lipinski definition) is 5. The first-order valence-electron chi connectivity index (χ1n) is 6.29. The van der Waals surface area contributed by atoms with Crippen LogP contribution < -0.4 is 9.60 Å². The molecule has 0 aliphatic rings. The number of hydrogen-bond donors (Lipinski definition) is 2. The summed E-state index contributed by atoms with van der Waals surface area (Å²) in [4.78, 5) is 26.5. The molecule has 0 fully saturated rings. The first kappa shape index (κ1) is 16.9. The molecule has 0 radical (unpaired) electrons. The van der Waals surface area contributed by atoms with E-state index in [1.807, 2.05) is 13.8 Å². The van der Waals surface area contributed by atoms with Gasteiger partial charge in [0.25, 0.3) is 10.0 Å². The number of H-pyrrole nitrogens is 1. The zero-order valence-corrected chi connectivity index (χ0v) is 13.4. The average Bonchev–Trinajstić information content (AvgIpc) is 2.70.